The highest BCUT2D eigenvalue weighted by Gasteiger charge is 2.56. The van der Waals surface area contributed by atoms with Gasteiger partial charge in [-0.05, 0) is 80.5 Å². The second-order valence-corrected chi connectivity index (χ2v) is 16.6. The normalized spacial score (nSPS) is 48.1. The van der Waals surface area contributed by atoms with Crippen LogP contribution in [-0.2, 0) is 42.7 Å². The SMILES string of the molecule is CCC1OC(=O)C(C)C(O[C@H]2C[C@@](C)(OC)[C@@H](O)C(C)O2)C(C)[C@@H](OC2OC(C)CC(N(C)CC)[C@H]2O)[C@]2(C)CC(C)=C(O2)[C@H](C)[C@@H](O)[C@]1(C)OC. The van der Waals surface area contributed by atoms with E-state index in [4.69, 9.17) is 37.9 Å². The molecule has 13 heteroatoms. The summed E-state index contributed by atoms with van der Waals surface area (Å²) in [4.78, 5) is 16.4. The molecule has 4 heterocycles. The maximum absolute atomic E-state index is 14.3. The molecule has 0 aliphatic carbocycles. The fourth-order valence-electron chi connectivity index (χ4n) is 9.12. The lowest BCUT2D eigenvalue weighted by Gasteiger charge is -2.48. The first-order chi connectivity index (χ1) is 24.2. The summed E-state index contributed by atoms with van der Waals surface area (Å²) >= 11 is 0. The number of methoxy groups -OCH3 is 2. The van der Waals surface area contributed by atoms with E-state index >= 15 is 0 Å². The van der Waals surface area contributed by atoms with Crippen molar-refractivity contribution in [3.63, 3.8) is 0 Å². The third-order valence-corrected chi connectivity index (χ3v) is 12.8. The average Bonchev–Trinajstić information content (AvgIpc) is 3.43. The van der Waals surface area contributed by atoms with Crippen LogP contribution < -0.4 is 0 Å². The Bertz CT molecular complexity index is 1250. The van der Waals surface area contributed by atoms with Crippen molar-refractivity contribution in [3.05, 3.63) is 11.3 Å². The van der Waals surface area contributed by atoms with Crippen LogP contribution >= 0.6 is 0 Å². The number of hydrogen-bond donors (Lipinski definition) is 3. The molecule has 3 saturated heterocycles. The van der Waals surface area contributed by atoms with Gasteiger partial charge in [-0.15, -0.1) is 0 Å². The van der Waals surface area contributed by atoms with Crippen molar-refractivity contribution in [1.82, 2.24) is 4.90 Å². The number of hydrogen-bond acceptors (Lipinski definition) is 13. The molecule has 0 aromatic rings. The highest BCUT2D eigenvalue weighted by atomic mass is 16.7. The monoisotopic (exact) mass is 743 g/mol. The van der Waals surface area contributed by atoms with E-state index < -0.39 is 95.8 Å². The van der Waals surface area contributed by atoms with Crippen LogP contribution in [0.5, 0.6) is 0 Å². The summed E-state index contributed by atoms with van der Waals surface area (Å²) in [6, 6.07) is -0.208. The Labute approximate surface area is 311 Å². The first kappa shape index (κ1) is 43.3. The molecule has 0 saturated carbocycles. The second-order valence-electron chi connectivity index (χ2n) is 16.6. The van der Waals surface area contributed by atoms with Crippen molar-refractivity contribution in [3.8, 4) is 0 Å². The number of esters is 1. The molecular formula is C39H69NO12. The number of aliphatic hydroxyl groups excluding tert-OH is 3. The quantitative estimate of drug-likeness (QED) is 0.293. The first-order valence-corrected chi connectivity index (χ1v) is 19.3. The molecule has 4 aliphatic heterocycles. The Morgan fingerprint density at radius 2 is 1.58 bits per heavy atom. The summed E-state index contributed by atoms with van der Waals surface area (Å²) in [6.07, 6.45) is -6.51. The maximum atomic E-state index is 14.3. The van der Waals surface area contributed by atoms with E-state index in [9.17, 15) is 20.1 Å². The zero-order chi connectivity index (χ0) is 39.1. The number of ether oxygens (including phenoxy) is 8. The minimum absolute atomic E-state index is 0.195. The number of aliphatic hydroxyl groups is 3. The van der Waals surface area contributed by atoms with E-state index in [0.29, 0.717) is 25.0 Å². The number of carbonyl (C=O) groups excluding carboxylic acids is 1. The molecule has 0 amide bonds. The van der Waals surface area contributed by atoms with Gasteiger partial charge in [0, 0.05) is 44.9 Å². The molecule has 17 atom stereocenters. The van der Waals surface area contributed by atoms with E-state index in [0.717, 1.165) is 12.1 Å². The van der Waals surface area contributed by atoms with Crippen molar-refractivity contribution in [2.45, 2.75) is 186 Å². The lowest BCUT2D eigenvalue weighted by Crippen LogP contribution is -2.60. The molecule has 52 heavy (non-hydrogen) atoms. The minimum Gasteiger partial charge on any atom is -0.489 e. The molecule has 2 bridgehead atoms. The van der Waals surface area contributed by atoms with E-state index in [1.165, 1.54) is 7.11 Å². The average molecular weight is 744 g/mol. The smallest absolute Gasteiger partial charge is 0.311 e. The predicted octanol–water partition coefficient (Wildman–Crippen LogP) is 3.94. The number of carbonyl (C=O) groups is 1. The van der Waals surface area contributed by atoms with Gasteiger partial charge in [-0.2, -0.15) is 0 Å². The third-order valence-electron chi connectivity index (χ3n) is 12.8. The van der Waals surface area contributed by atoms with E-state index in [2.05, 4.69) is 4.90 Å². The van der Waals surface area contributed by atoms with Crippen LogP contribution in [0, 0.1) is 17.8 Å². The summed E-state index contributed by atoms with van der Waals surface area (Å²) in [5.74, 6) is -1.91. The highest BCUT2D eigenvalue weighted by Crippen LogP contribution is 2.48. The molecule has 4 aliphatic rings. The number of nitrogens with zero attached hydrogens (tertiary/aromatic N) is 1. The van der Waals surface area contributed by atoms with Gasteiger partial charge in [0.2, 0.25) is 0 Å². The lowest BCUT2D eigenvalue weighted by atomic mass is 9.78. The zero-order valence-electron chi connectivity index (χ0n) is 34.1. The fraction of sp³-hybridized carbons (Fsp3) is 0.923. The molecule has 3 N–H and O–H groups in total. The zero-order valence-corrected chi connectivity index (χ0v) is 34.1. The van der Waals surface area contributed by atoms with Crippen LogP contribution in [0.2, 0.25) is 0 Å². The lowest BCUT2D eigenvalue weighted by molar-refractivity contribution is -0.317. The van der Waals surface area contributed by atoms with Crippen LogP contribution in [-0.4, -0.2) is 138 Å². The standard InChI is InChI=1S/C39H69NO12/c1-15-27-39(11,46-14)32(42)22(5)30-20(3)18-38(10,52-30)34(51-36-29(41)26(40(12)16-2)17-21(4)47-36)23(6)31(24(7)35(44)49-27)50-28-19-37(9,45-13)33(43)25(8)48-28/h21-29,31-34,36,41-43H,15-19H2,1-14H3/t21?,22-,23?,24?,25?,26?,27?,28-,29+,31?,32+,33-,34+,36?,37+,38-,39+/m0/s1. The minimum atomic E-state index is -1.28. The second kappa shape index (κ2) is 16.8. The van der Waals surface area contributed by atoms with Crippen molar-refractivity contribution in [2.24, 2.45) is 17.8 Å². The Morgan fingerprint density at radius 3 is 2.15 bits per heavy atom. The summed E-state index contributed by atoms with van der Waals surface area (Å²) in [6.45, 7) is 21.5. The van der Waals surface area contributed by atoms with Crippen LogP contribution in [0.4, 0.5) is 0 Å². The van der Waals surface area contributed by atoms with Crippen LogP contribution in [0.25, 0.3) is 0 Å². The highest BCUT2D eigenvalue weighted by molar-refractivity contribution is 5.73. The topological polar surface area (TPSA) is 155 Å². The van der Waals surface area contributed by atoms with Crippen molar-refractivity contribution < 1.29 is 58.0 Å². The molecule has 0 aromatic carbocycles. The summed E-state index contributed by atoms with van der Waals surface area (Å²) < 4.78 is 51.3. The Hall–Kier alpha value is -1.39. The Balaban J connectivity index is 1.85. The van der Waals surface area contributed by atoms with Gasteiger partial charge in [-0.1, -0.05) is 27.7 Å². The Morgan fingerprint density at radius 1 is 0.923 bits per heavy atom. The van der Waals surface area contributed by atoms with Gasteiger partial charge in [0.15, 0.2) is 12.6 Å². The molecule has 13 nitrogen and oxygen atoms in total. The maximum Gasteiger partial charge on any atom is 0.311 e. The molecule has 0 spiro atoms. The van der Waals surface area contributed by atoms with Gasteiger partial charge in [0.25, 0.3) is 0 Å². The van der Waals surface area contributed by atoms with Gasteiger partial charge in [-0.3, -0.25) is 4.79 Å². The summed E-state index contributed by atoms with van der Waals surface area (Å²) in [5, 5.41) is 34.7. The van der Waals surface area contributed by atoms with Gasteiger partial charge in [-0.25, -0.2) is 0 Å². The number of rotatable bonds is 9. The fourth-order valence-corrected chi connectivity index (χ4v) is 9.12. The molecular weight excluding hydrogens is 674 g/mol. The number of cyclic esters (lactones) is 1. The molecule has 302 valence electrons. The van der Waals surface area contributed by atoms with Crippen LogP contribution in [0.3, 0.4) is 0 Å². The van der Waals surface area contributed by atoms with Crippen LogP contribution in [0.15, 0.2) is 11.3 Å². The van der Waals surface area contributed by atoms with Crippen molar-refractivity contribution in [1.29, 1.82) is 0 Å². The Kier molecular flexibility index (Phi) is 14.0. The van der Waals surface area contributed by atoms with Gasteiger partial charge < -0.3 is 58.1 Å². The number of likely N-dealkylation sites (N-methyl/N-ethyl adjacent to an activating group) is 1. The van der Waals surface area contributed by atoms with Crippen LogP contribution in [0.1, 0.15) is 102 Å². The predicted molar refractivity (Wildman–Crippen MR) is 193 cm³/mol. The largest absolute Gasteiger partial charge is 0.489 e. The molecule has 8 unspecified atom stereocenters. The van der Waals surface area contributed by atoms with Gasteiger partial charge >= 0.3 is 5.97 Å². The molecule has 4 rings (SSSR count). The molecule has 3 fully saturated rings. The van der Waals surface area contributed by atoms with E-state index in [1.54, 1.807) is 27.9 Å². The van der Waals surface area contributed by atoms with Gasteiger partial charge in [0.05, 0.1) is 35.9 Å². The molecule has 0 radical (unpaired) electrons. The van der Waals surface area contributed by atoms with E-state index in [1.807, 2.05) is 62.4 Å². The van der Waals surface area contributed by atoms with Crippen molar-refractivity contribution in [2.75, 3.05) is 27.8 Å². The number of fused-ring (bicyclic) bond motifs is 2. The van der Waals surface area contributed by atoms with E-state index in [-0.39, 0.29) is 18.6 Å². The van der Waals surface area contributed by atoms with Gasteiger partial charge in [0.1, 0.15) is 41.4 Å². The van der Waals surface area contributed by atoms with Crippen molar-refractivity contribution >= 4 is 5.97 Å². The first-order valence-electron chi connectivity index (χ1n) is 19.3. The summed E-state index contributed by atoms with van der Waals surface area (Å²) in [7, 11) is 5.03. The summed E-state index contributed by atoms with van der Waals surface area (Å²) in [5.41, 5.74) is -2.34. The molecule has 0 aromatic heterocycles. The third kappa shape index (κ3) is 8.24.